The lowest BCUT2D eigenvalue weighted by Crippen LogP contribution is -2.49. The minimum Gasteiger partial charge on any atom is -0.379 e. The molecule has 0 bridgehead atoms. The summed E-state index contributed by atoms with van der Waals surface area (Å²) in [5.41, 5.74) is 4.25. The Morgan fingerprint density at radius 2 is 2.25 bits per heavy atom. The summed E-state index contributed by atoms with van der Waals surface area (Å²) in [5, 5.41) is 9.86. The third-order valence-corrected chi connectivity index (χ3v) is 4.00. The fourth-order valence-corrected chi connectivity index (χ4v) is 2.69. The number of alkyl halides is 3. The van der Waals surface area contributed by atoms with E-state index < -0.39 is 17.4 Å². The number of nitrogens with zero attached hydrogens (tertiary/aromatic N) is 3. The molecule has 0 aliphatic carbocycles. The van der Waals surface area contributed by atoms with Gasteiger partial charge in [0.15, 0.2) is 0 Å². The Hall–Kier alpha value is -2.07. The molecule has 0 saturated carbocycles. The molecule has 3 rings (SSSR count). The van der Waals surface area contributed by atoms with Gasteiger partial charge in [0.1, 0.15) is 5.66 Å². The van der Waals surface area contributed by atoms with Crippen LogP contribution in [0.2, 0.25) is 0 Å². The highest BCUT2D eigenvalue weighted by Crippen LogP contribution is 2.34. The number of anilines is 1. The van der Waals surface area contributed by atoms with E-state index in [1.54, 1.807) is 17.8 Å². The van der Waals surface area contributed by atoms with Crippen LogP contribution < -0.4 is 16.4 Å². The first-order valence-electron chi connectivity index (χ1n) is 7.50. The van der Waals surface area contributed by atoms with Crippen molar-refractivity contribution in [2.24, 2.45) is 10.7 Å². The number of rotatable bonds is 2. The van der Waals surface area contributed by atoms with Crippen molar-refractivity contribution in [1.82, 2.24) is 15.1 Å². The van der Waals surface area contributed by atoms with Gasteiger partial charge in [-0.05, 0) is 20.3 Å². The second-order valence-corrected chi connectivity index (χ2v) is 6.06. The Balaban J connectivity index is 1.77. The third kappa shape index (κ3) is 3.24. The summed E-state index contributed by atoms with van der Waals surface area (Å²) in [6, 6.07) is 0.164. The van der Waals surface area contributed by atoms with Crippen LogP contribution in [0.25, 0.3) is 0 Å². The van der Waals surface area contributed by atoms with Gasteiger partial charge in [-0.15, -0.1) is 0 Å². The fourth-order valence-electron chi connectivity index (χ4n) is 2.69. The van der Waals surface area contributed by atoms with Crippen molar-refractivity contribution in [3.63, 3.8) is 0 Å². The maximum absolute atomic E-state index is 12.9. The molecular formula is C14H19F3N6O. The zero-order valence-electron chi connectivity index (χ0n) is 13.3. The average molecular weight is 344 g/mol. The topological polar surface area (TPSA) is 89.5 Å². The van der Waals surface area contributed by atoms with Crippen LogP contribution in [-0.4, -0.2) is 40.8 Å². The van der Waals surface area contributed by atoms with Crippen molar-refractivity contribution < 1.29 is 17.9 Å². The maximum Gasteiger partial charge on any atom is 0.417 e. The largest absolute Gasteiger partial charge is 0.417 e. The van der Waals surface area contributed by atoms with E-state index in [0.717, 1.165) is 12.6 Å². The highest BCUT2D eigenvalue weighted by atomic mass is 19.4. The molecule has 0 spiro atoms. The first kappa shape index (κ1) is 16.8. The van der Waals surface area contributed by atoms with Gasteiger partial charge < -0.3 is 21.1 Å². The molecule has 2 aliphatic heterocycles. The monoisotopic (exact) mass is 344 g/mol. The van der Waals surface area contributed by atoms with Gasteiger partial charge >= 0.3 is 6.18 Å². The molecule has 10 heteroatoms. The lowest BCUT2D eigenvalue weighted by atomic mass is 10.0. The molecule has 2 atom stereocenters. The van der Waals surface area contributed by atoms with Crippen molar-refractivity contribution >= 4 is 11.6 Å². The van der Waals surface area contributed by atoms with Crippen LogP contribution in [0.15, 0.2) is 23.0 Å². The Bertz CT molecular complexity index is 685. The van der Waals surface area contributed by atoms with Crippen LogP contribution in [-0.2, 0) is 4.74 Å². The van der Waals surface area contributed by atoms with Crippen molar-refractivity contribution in [3.05, 3.63) is 23.7 Å². The van der Waals surface area contributed by atoms with Gasteiger partial charge in [0.05, 0.1) is 29.6 Å². The molecule has 2 unspecified atom stereocenters. The highest BCUT2D eigenvalue weighted by Gasteiger charge is 2.45. The van der Waals surface area contributed by atoms with Crippen molar-refractivity contribution in [3.8, 4) is 0 Å². The molecule has 3 heterocycles. The Kier molecular flexibility index (Phi) is 4.04. The van der Waals surface area contributed by atoms with Crippen LogP contribution in [0.5, 0.6) is 0 Å². The molecule has 0 radical (unpaired) electrons. The van der Waals surface area contributed by atoms with Gasteiger partial charge in [-0.3, -0.25) is 4.68 Å². The molecule has 1 fully saturated rings. The van der Waals surface area contributed by atoms with Gasteiger partial charge in [-0.1, -0.05) is 0 Å². The minimum absolute atomic E-state index is 0.137. The van der Waals surface area contributed by atoms with E-state index in [9.17, 15) is 13.2 Å². The van der Waals surface area contributed by atoms with E-state index in [1.807, 2.05) is 0 Å². The SMILES string of the molecule is Cc1nn(C2CCOC2)cc1NC1=NC(C)(N)C(C(F)(F)F)=CN1. The summed E-state index contributed by atoms with van der Waals surface area (Å²) < 4.78 is 45.9. The van der Waals surface area contributed by atoms with Gasteiger partial charge in [0.2, 0.25) is 5.96 Å². The lowest BCUT2D eigenvalue weighted by molar-refractivity contribution is -0.100. The number of guanidine groups is 1. The first-order chi connectivity index (χ1) is 11.2. The molecular weight excluding hydrogens is 325 g/mol. The number of nitrogens with one attached hydrogen (secondary N) is 2. The summed E-state index contributed by atoms with van der Waals surface area (Å²) in [4.78, 5) is 3.93. The van der Waals surface area contributed by atoms with Gasteiger partial charge in [-0.25, -0.2) is 4.99 Å². The third-order valence-electron chi connectivity index (χ3n) is 4.00. The fraction of sp³-hybridized carbons (Fsp3) is 0.571. The molecule has 2 aliphatic rings. The molecule has 4 N–H and O–H groups in total. The molecule has 0 aromatic carbocycles. The predicted molar refractivity (Wildman–Crippen MR) is 82.4 cm³/mol. The van der Waals surface area contributed by atoms with Gasteiger partial charge in [-0.2, -0.15) is 18.3 Å². The normalized spacial score (nSPS) is 27.5. The van der Waals surface area contributed by atoms with E-state index in [1.165, 1.54) is 6.92 Å². The zero-order chi connectivity index (χ0) is 17.5. The van der Waals surface area contributed by atoms with Crippen LogP contribution in [0.4, 0.5) is 18.9 Å². The van der Waals surface area contributed by atoms with E-state index in [-0.39, 0.29) is 12.0 Å². The molecule has 1 saturated heterocycles. The summed E-state index contributed by atoms with van der Waals surface area (Å²) in [6.45, 7) is 4.30. The van der Waals surface area contributed by atoms with Crippen LogP contribution in [0, 0.1) is 6.92 Å². The quantitative estimate of drug-likeness (QED) is 0.759. The summed E-state index contributed by atoms with van der Waals surface area (Å²) in [6.07, 6.45) is -1.05. The number of halogens is 3. The summed E-state index contributed by atoms with van der Waals surface area (Å²) in [7, 11) is 0. The summed E-state index contributed by atoms with van der Waals surface area (Å²) in [5.74, 6) is 0.137. The lowest BCUT2D eigenvalue weighted by Gasteiger charge is -2.30. The molecule has 1 aromatic rings. The molecule has 24 heavy (non-hydrogen) atoms. The number of aliphatic imine (C=N–C) groups is 1. The van der Waals surface area contributed by atoms with Crippen molar-refractivity contribution in [2.75, 3.05) is 18.5 Å². The molecule has 0 amide bonds. The smallest absolute Gasteiger partial charge is 0.379 e. The first-order valence-corrected chi connectivity index (χ1v) is 7.50. The molecule has 132 valence electrons. The van der Waals surface area contributed by atoms with Crippen molar-refractivity contribution in [1.29, 1.82) is 0 Å². The minimum atomic E-state index is -4.55. The average Bonchev–Trinajstić information content (AvgIpc) is 3.06. The van der Waals surface area contributed by atoms with Crippen LogP contribution in [0.3, 0.4) is 0 Å². The highest BCUT2D eigenvalue weighted by molar-refractivity contribution is 5.95. The van der Waals surface area contributed by atoms with E-state index in [0.29, 0.717) is 24.6 Å². The van der Waals surface area contributed by atoms with E-state index >= 15 is 0 Å². The molecule has 7 nitrogen and oxygen atoms in total. The second kappa shape index (κ2) is 5.78. The second-order valence-electron chi connectivity index (χ2n) is 6.06. The Labute approximate surface area is 136 Å². The number of hydrogen-bond donors (Lipinski definition) is 3. The van der Waals surface area contributed by atoms with Crippen LogP contribution in [0.1, 0.15) is 25.1 Å². The zero-order valence-corrected chi connectivity index (χ0v) is 13.3. The Morgan fingerprint density at radius 1 is 1.50 bits per heavy atom. The van der Waals surface area contributed by atoms with E-state index in [2.05, 4.69) is 20.7 Å². The Morgan fingerprint density at radius 3 is 2.83 bits per heavy atom. The van der Waals surface area contributed by atoms with E-state index in [4.69, 9.17) is 10.5 Å². The van der Waals surface area contributed by atoms with Crippen LogP contribution >= 0.6 is 0 Å². The number of aromatic nitrogens is 2. The predicted octanol–water partition coefficient (Wildman–Crippen LogP) is 1.65. The summed E-state index contributed by atoms with van der Waals surface area (Å²) >= 11 is 0. The molecule has 1 aromatic heterocycles. The van der Waals surface area contributed by atoms with Gasteiger partial charge in [0, 0.05) is 19.0 Å². The number of nitrogens with two attached hydrogens (primary N) is 1. The number of aryl methyl sites for hydroxylation is 1. The standard InChI is InChI=1S/C14H19F3N6O/c1-8-10(6-23(22-8)9-3-4-24-7-9)20-12-19-5-11(14(15,16)17)13(2,18)21-12/h5-6,9H,3-4,7,18H2,1-2H3,(H2,19,20,21). The maximum atomic E-state index is 12.9. The number of hydrogen-bond acceptors (Lipinski definition) is 6. The van der Waals surface area contributed by atoms with Crippen molar-refractivity contribution in [2.45, 2.75) is 38.1 Å². The van der Waals surface area contributed by atoms with Gasteiger partial charge in [0.25, 0.3) is 0 Å². The number of ether oxygens (including phenoxy) is 1.